The quantitative estimate of drug-likeness (QED) is 0.625. The van der Waals surface area contributed by atoms with Crippen molar-refractivity contribution in [2.24, 2.45) is 0 Å². The molecular formula is C26H27N3O3. The molecule has 0 radical (unpaired) electrons. The maximum Gasteiger partial charge on any atom is 0.254 e. The molecule has 0 bridgehead atoms. The van der Waals surface area contributed by atoms with Gasteiger partial charge in [-0.05, 0) is 65.9 Å². The summed E-state index contributed by atoms with van der Waals surface area (Å²) in [5.74, 6) is 0.141. The number of pyridine rings is 1. The summed E-state index contributed by atoms with van der Waals surface area (Å²) in [4.78, 5) is 33.4. The first kappa shape index (κ1) is 20.6. The predicted molar refractivity (Wildman–Crippen MR) is 123 cm³/mol. The Hall–Kier alpha value is -3.25. The van der Waals surface area contributed by atoms with E-state index in [9.17, 15) is 9.59 Å². The van der Waals surface area contributed by atoms with Gasteiger partial charge in [-0.15, -0.1) is 0 Å². The lowest BCUT2D eigenvalue weighted by Crippen LogP contribution is -2.40. The lowest BCUT2D eigenvalue weighted by atomic mass is 9.92. The molecule has 0 unspecified atom stereocenters. The third-order valence-corrected chi connectivity index (χ3v) is 6.46. The number of benzene rings is 2. The summed E-state index contributed by atoms with van der Waals surface area (Å²) in [5.41, 5.74) is 7.11. The minimum atomic E-state index is 0.0317. The molecule has 2 aromatic carbocycles. The molecule has 1 fully saturated rings. The van der Waals surface area contributed by atoms with Gasteiger partial charge in [-0.1, -0.05) is 12.1 Å². The smallest absolute Gasteiger partial charge is 0.254 e. The lowest BCUT2D eigenvalue weighted by Gasteiger charge is -2.28. The van der Waals surface area contributed by atoms with E-state index in [1.54, 1.807) is 6.92 Å². The van der Waals surface area contributed by atoms with Gasteiger partial charge >= 0.3 is 0 Å². The number of amides is 2. The minimum Gasteiger partial charge on any atom is -0.378 e. The summed E-state index contributed by atoms with van der Waals surface area (Å²) in [6, 6.07) is 14.4. The van der Waals surface area contributed by atoms with Crippen molar-refractivity contribution < 1.29 is 14.3 Å². The van der Waals surface area contributed by atoms with E-state index >= 15 is 0 Å². The Labute approximate surface area is 187 Å². The van der Waals surface area contributed by atoms with Crippen LogP contribution in [0.1, 0.15) is 34.1 Å². The van der Waals surface area contributed by atoms with Crippen LogP contribution in [-0.4, -0.2) is 59.4 Å². The van der Waals surface area contributed by atoms with E-state index in [-0.39, 0.29) is 11.8 Å². The molecule has 6 nitrogen and oxygen atoms in total. The largest absolute Gasteiger partial charge is 0.378 e. The number of aromatic nitrogens is 1. The van der Waals surface area contributed by atoms with Crippen molar-refractivity contribution in [1.82, 2.24) is 14.8 Å². The summed E-state index contributed by atoms with van der Waals surface area (Å²) in [7, 11) is 0. The second-order valence-electron chi connectivity index (χ2n) is 8.62. The Morgan fingerprint density at radius 1 is 0.938 bits per heavy atom. The molecule has 0 aliphatic carbocycles. The number of carbonyl (C=O) groups is 2. The second kappa shape index (κ2) is 8.36. The molecule has 164 valence electrons. The summed E-state index contributed by atoms with van der Waals surface area (Å²) in [6.45, 7) is 7.43. The van der Waals surface area contributed by atoms with Crippen LogP contribution in [0.3, 0.4) is 0 Å². The monoisotopic (exact) mass is 429 g/mol. The van der Waals surface area contributed by atoms with Crippen molar-refractivity contribution >= 4 is 22.7 Å². The van der Waals surface area contributed by atoms with Crippen LogP contribution in [0.2, 0.25) is 0 Å². The molecule has 2 aliphatic rings. The second-order valence-corrected chi connectivity index (χ2v) is 8.62. The molecule has 6 heteroatoms. The molecule has 1 saturated heterocycles. The third kappa shape index (κ3) is 3.86. The molecule has 3 heterocycles. The van der Waals surface area contributed by atoms with Crippen LogP contribution < -0.4 is 0 Å². The highest BCUT2D eigenvalue weighted by Gasteiger charge is 2.21. The van der Waals surface area contributed by atoms with Crippen molar-refractivity contribution in [2.45, 2.75) is 26.8 Å². The van der Waals surface area contributed by atoms with E-state index in [4.69, 9.17) is 9.72 Å². The van der Waals surface area contributed by atoms with Gasteiger partial charge in [0.15, 0.2) is 0 Å². The molecule has 32 heavy (non-hydrogen) atoms. The number of hydrogen-bond donors (Lipinski definition) is 0. The Balaban J connectivity index is 1.57. The molecule has 2 amide bonds. The van der Waals surface area contributed by atoms with Crippen LogP contribution in [0, 0.1) is 6.92 Å². The Morgan fingerprint density at radius 2 is 1.75 bits per heavy atom. The average molecular weight is 430 g/mol. The van der Waals surface area contributed by atoms with Gasteiger partial charge in [-0.2, -0.15) is 0 Å². The number of hydrogen-bond acceptors (Lipinski definition) is 4. The van der Waals surface area contributed by atoms with Crippen LogP contribution in [0.4, 0.5) is 0 Å². The van der Waals surface area contributed by atoms with E-state index in [2.05, 4.69) is 24.3 Å². The minimum absolute atomic E-state index is 0.0317. The molecule has 2 aliphatic heterocycles. The molecule has 3 aromatic rings. The number of aryl methyl sites for hydroxylation is 1. The van der Waals surface area contributed by atoms with Gasteiger partial charge in [0.25, 0.3) is 5.91 Å². The number of ether oxygens (including phenoxy) is 1. The molecule has 0 atom stereocenters. The Kier molecular flexibility index (Phi) is 5.39. The predicted octanol–water partition coefficient (Wildman–Crippen LogP) is 3.59. The molecular weight excluding hydrogens is 402 g/mol. The molecule has 0 saturated carbocycles. The normalized spacial score (nSPS) is 16.2. The van der Waals surface area contributed by atoms with E-state index in [0.717, 1.165) is 40.7 Å². The molecule has 1 aromatic heterocycles. The summed E-state index contributed by atoms with van der Waals surface area (Å²) < 4.78 is 5.39. The lowest BCUT2D eigenvalue weighted by molar-refractivity contribution is -0.129. The first-order valence-electron chi connectivity index (χ1n) is 11.2. The van der Waals surface area contributed by atoms with Crippen LogP contribution in [-0.2, 0) is 22.5 Å². The van der Waals surface area contributed by atoms with Crippen LogP contribution in [0.5, 0.6) is 0 Å². The number of fused-ring (bicyclic) bond motifs is 2. The molecule has 5 rings (SSSR count). The summed E-state index contributed by atoms with van der Waals surface area (Å²) >= 11 is 0. The van der Waals surface area contributed by atoms with Crippen molar-refractivity contribution in [1.29, 1.82) is 0 Å². The van der Waals surface area contributed by atoms with E-state index in [1.807, 2.05) is 34.9 Å². The van der Waals surface area contributed by atoms with Crippen molar-refractivity contribution in [2.75, 3.05) is 32.8 Å². The average Bonchev–Trinajstić information content (AvgIpc) is 2.82. The Morgan fingerprint density at radius 3 is 2.53 bits per heavy atom. The fourth-order valence-electron chi connectivity index (χ4n) is 4.67. The zero-order valence-electron chi connectivity index (χ0n) is 18.6. The highest BCUT2D eigenvalue weighted by molar-refractivity contribution is 6.02. The van der Waals surface area contributed by atoms with Crippen LogP contribution in [0.15, 0.2) is 42.5 Å². The van der Waals surface area contributed by atoms with Crippen molar-refractivity contribution in [3.8, 4) is 11.1 Å². The standard InChI is InChI=1S/C26H27N3O3/c1-17-13-23(20-4-3-19-7-8-29(18(2)30)16-22(19)14-20)24-15-21(5-6-25(24)27-17)26(31)28-9-11-32-12-10-28/h3-6,13-15H,7-12,16H2,1-2H3. The SMILES string of the molecule is CC(=O)N1CCc2ccc(-c3cc(C)nc4ccc(C(=O)N5CCOCC5)cc34)cc2C1. The first-order valence-corrected chi connectivity index (χ1v) is 11.2. The topological polar surface area (TPSA) is 62.7 Å². The summed E-state index contributed by atoms with van der Waals surface area (Å²) in [6.07, 6.45) is 0.878. The van der Waals surface area contributed by atoms with Gasteiger partial charge in [0, 0.05) is 49.7 Å². The molecule has 0 spiro atoms. The third-order valence-electron chi connectivity index (χ3n) is 6.46. The van der Waals surface area contributed by atoms with Gasteiger partial charge in [0.2, 0.25) is 5.91 Å². The Bertz CT molecular complexity index is 1210. The number of carbonyl (C=O) groups excluding carboxylic acids is 2. The fourth-order valence-corrected chi connectivity index (χ4v) is 4.67. The fraction of sp³-hybridized carbons (Fsp3) is 0.346. The first-order chi connectivity index (χ1) is 15.5. The maximum atomic E-state index is 13.1. The van der Waals surface area contributed by atoms with Gasteiger partial charge in [-0.3, -0.25) is 14.6 Å². The van der Waals surface area contributed by atoms with Gasteiger partial charge in [0.1, 0.15) is 0 Å². The van der Waals surface area contributed by atoms with Gasteiger partial charge in [-0.25, -0.2) is 0 Å². The van der Waals surface area contributed by atoms with Gasteiger partial charge < -0.3 is 14.5 Å². The number of rotatable bonds is 2. The number of nitrogens with zero attached hydrogens (tertiary/aromatic N) is 3. The highest BCUT2D eigenvalue weighted by Crippen LogP contribution is 2.32. The van der Waals surface area contributed by atoms with Crippen molar-refractivity contribution in [3.63, 3.8) is 0 Å². The summed E-state index contributed by atoms with van der Waals surface area (Å²) in [5, 5.41) is 0.967. The zero-order valence-corrected chi connectivity index (χ0v) is 18.6. The molecule has 0 N–H and O–H groups in total. The van der Waals surface area contributed by atoms with Crippen LogP contribution >= 0.6 is 0 Å². The zero-order chi connectivity index (χ0) is 22.2. The van der Waals surface area contributed by atoms with Crippen molar-refractivity contribution in [3.05, 3.63) is 64.8 Å². The van der Waals surface area contributed by atoms with E-state index in [0.29, 0.717) is 38.4 Å². The highest BCUT2D eigenvalue weighted by atomic mass is 16.5. The van der Waals surface area contributed by atoms with E-state index < -0.39 is 0 Å². The van der Waals surface area contributed by atoms with Gasteiger partial charge in [0.05, 0.1) is 18.7 Å². The maximum absolute atomic E-state index is 13.1. The van der Waals surface area contributed by atoms with E-state index in [1.165, 1.54) is 11.1 Å². The van der Waals surface area contributed by atoms with Crippen LogP contribution in [0.25, 0.3) is 22.0 Å². The number of morpholine rings is 1.